The smallest absolute Gasteiger partial charge is 0.342 e. The molecule has 2 N–H and O–H groups in total. The summed E-state index contributed by atoms with van der Waals surface area (Å²) in [5.74, 6) is -0.273. The minimum atomic E-state index is -3.66. The molecule has 44 heavy (non-hydrogen) atoms. The molecule has 13 heteroatoms. The van der Waals surface area contributed by atoms with Gasteiger partial charge in [0.2, 0.25) is 10.0 Å². The summed E-state index contributed by atoms with van der Waals surface area (Å²) in [5, 5.41) is 4.11. The topological polar surface area (TPSA) is 126 Å². The second-order valence-corrected chi connectivity index (χ2v) is 12.7. The Morgan fingerprint density at radius 3 is 2.48 bits per heavy atom. The Morgan fingerprint density at radius 2 is 1.70 bits per heavy atom. The van der Waals surface area contributed by atoms with Gasteiger partial charge in [-0.05, 0) is 55.6 Å². The van der Waals surface area contributed by atoms with E-state index in [-0.39, 0.29) is 33.8 Å². The number of benzene rings is 3. The highest BCUT2D eigenvalue weighted by atomic mass is 35.5. The molecule has 0 unspecified atom stereocenters. The van der Waals surface area contributed by atoms with Gasteiger partial charge >= 0.3 is 5.97 Å². The highest BCUT2D eigenvalue weighted by Crippen LogP contribution is 2.33. The number of rotatable bonds is 11. The lowest BCUT2D eigenvalue weighted by molar-refractivity contribution is 0.0474. The number of pyridine rings is 1. The van der Waals surface area contributed by atoms with Crippen molar-refractivity contribution in [2.24, 2.45) is 0 Å². The van der Waals surface area contributed by atoms with E-state index in [9.17, 15) is 13.2 Å². The number of hydrogen-bond donors (Lipinski definition) is 2. The van der Waals surface area contributed by atoms with Gasteiger partial charge in [0.25, 0.3) is 0 Å². The molecule has 0 atom stereocenters. The average Bonchev–Trinajstić information content (AvgIpc) is 3.00. The van der Waals surface area contributed by atoms with Gasteiger partial charge in [0.1, 0.15) is 24.3 Å². The average molecular weight is 652 g/mol. The predicted molar refractivity (Wildman–Crippen MR) is 174 cm³/mol. The maximum atomic E-state index is 13.1. The van der Waals surface area contributed by atoms with Crippen LogP contribution in [0.1, 0.15) is 15.9 Å². The van der Waals surface area contributed by atoms with E-state index >= 15 is 0 Å². The summed E-state index contributed by atoms with van der Waals surface area (Å²) in [6.07, 6.45) is 2.96. The lowest BCUT2D eigenvalue weighted by Gasteiger charge is -2.15. The van der Waals surface area contributed by atoms with Gasteiger partial charge in [-0.3, -0.25) is 4.72 Å². The standard InChI is InChI=1S/C31H28Cl2N6O4S/c1-39(2)13-14-44(41,42)38-27-16-22(17-34-29(27)33)21-11-12-25-23(15-21)30(36-19-35-25)37-26-10-6-9-24(32)28(26)31(40)43-18-20-7-4-3-5-8-20/h3-12,15-17,19,38H,13-14,18H2,1-2H3,(H,35,36,37). The number of hydrogen-bond acceptors (Lipinski definition) is 9. The maximum absolute atomic E-state index is 13.1. The van der Waals surface area contributed by atoms with Crippen molar-refractivity contribution in [3.63, 3.8) is 0 Å². The van der Waals surface area contributed by atoms with Crippen molar-refractivity contribution in [2.75, 3.05) is 36.4 Å². The summed E-state index contributed by atoms with van der Waals surface area (Å²) < 4.78 is 33.3. The SMILES string of the molecule is CN(C)CCS(=O)(=O)Nc1cc(-c2ccc3ncnc(Nc4cccc(Cl)c4C(=O)OCc4ccccc4)c3c2)cnc1Cl. The zero-order valence-electron chi connectivity index (χ0n) is 23.8. The number of fused-ring (bicyclic) bond motifs is 1. The van der Waals surface area contributed by atoms with Crippen molar-refractivity contribution in [1.82, 2.24) is 19.9 Å². The molecule has 226 valence electrons. The molecule has 2 heterocycles. The molecule has 0 radical (unpaired) electrons. The van der Waals surface area contributed by atoms with Crippen molar-refractivity contribution < 1.29 is 17.9 Å². The van der Waals surface area contributed by atoms with Crippen molar-refractivity contribution >= 4 is 67.3 Å². The Bertz CT molecular complexity index is 1920. The second kappa shape index (κ2) is 13.6. The van der Waals surface area contributed by atoms with E-state index in [1.807, 2.05) is 42.5 Å². The zero-order valence-corrected chi connectivity index (χ0v) is 26.1. The van der Waals surface area contributed by atoms with Crippen LogP contribution in [0.2, 0.25) is 10.2 Å². The third kappa shape index (κ3) is 7.61. The van der Waals surface area contributed by atoms with Crippen molar-refractivity contribution in [2.45, 2.75) is 6.61 Å². The Hall–Kier alpha value is -4.29. The van der Waals surface area contributed by atoms with E-state index in [0.717, 1.165) is 5.56 Å². The third-order valence-corrected chi connectivity index (χ3v) is 8.43. The van der Waals surface area contributed by atoms with Crippen LogP contribution in [-0.2, 0) is 21.4 Å². The van der Waals surface area contributed by atoms with E-state index < -0.39 is 16.0 Å². The summed E-state index contributed by atoms with van der Waals surface area (Å²) in [5.41, 5.74) is 3.55. The number of carbonyl (C=O) groups is 1. The highest BCUT2D eigenvalue weighted by molar-refractivity contribution is 7.92. The minimum absolute atomic E-state index is 0.0290. The number of halogens is 2. The lowest BCUT2D eigenvalue weighted by Crippen LogP contribution is -2.26. The van der Waals surface area contributed by atoms with E-state index in [2.05, 4.69) is 25.0 Å². The van der Waals surface area contributed by atoms with Crippen LogP contribution in [0.4, 0.5) is 17.2 Å². The number of esters is 1. The summed E-state index contributed by atoms with van der Waals surface area (Å²) >= 11 is 12.7. The first kappa shape index (κ1) is 31.1. The molecule has 5 rings (SSSR count). The zero-order chi connectivity index (χ0) is 31.3. The van der Waals surface area contributed by atoms with Crippen molar-refractivity contribution in [1.29, 1.82) is 0 Å². The molecule has 10 nitrogen and oxygen atoms in total. The van der Waals surface area contributed by atoms with Gasteiger partial charge in [-0.2, -0.15) is 0 Å². The molecule has 3 aromatic carbocycles. The number of nitrogens with zero attached hydrogens (tertiary/aromatic N) is 4. The second-order valence-electron chi connectivity index (χ2n) is 10.1. The molecule has 0 aliphatic carbocycles. The van der Waals surface area contributed by atoms with Crippen LogP contribution < -0.4 is 10.0 Å². The molecule has 0 spiro atoms. The molecule has 0 saturated heterocycles. The van der Waals surface area contributed by atoms with E-state index in [1.54, 1.807) is 55.5 Å². The number of anilines is 3. The van der Waals surface area contributed by atoms with Crippen LogP contribution in [0.15, 0.2) is 85.3 Å². The van der Waals surface area contributed by atoms with Gasteiger partial charge in [-0.15, -0.1) is 0 Å². The van der Waals surface area contributed by atoms with Crippen LogP contribution in [0.25, 0.3) is 22.0 Å². The number of nitrogens with one attached hydrogen (secondary N) is 2. The molecule has 0 aliphatic rings. The van der Waals surface area contributed by atoms with Crippen LogP contribution in [0.3, 0.4) is 0 Å². The monoisotopic (exact) mass is 650 g/mol. The molecule has 0 amide bonds. The first-order chi connectivity index (χ1) is 21.1. The van der Waals surface area contributed by atoms with Crippen LogP contribution in [0, 0.1) is 0 Å². The quantitative estimate of drug-likeness (QED) is 0.123. The van der Waals surface area contributed by atoms with Crippen molar-refractivity contribution in [3.05, 3.63) is 107 Å². The number of sulfonamides is 1. The van der Waals surface area contributed by atoms with Gasteiger partial charge in [-0.25, -0.2) is 28.2 Å². The largest absolute Gasteiger partial charge is 0.457 e. The third-order valence-electron chi connectivity index (χ3n) is 6.56. The molecule has 2 aromatic heterocycles. The predicted octanol–water partition coefficient (Wildman–Crippen LogP) is 6.40. The normalized spacial score (nSPS) is 11.5. The number of carbonyl (C=O) groups excluding carboxylic acids is 1. The Kier molecular flexibility index (Phi) is 9.60. The van der Waals surface area contributed by atoms with E-state index in [4.69, 9.17) is 27.9 Å². The minimum Gasteiger partial charge on any atom is -0.457 e. The summed E-state index contributed by atoms with van der Waals surface area (Å²) in [6, 6.07) is 21.5. The Labute approximate surface area is 265 Å². The van der Waals surface area contributed by atoms with Crippen LogP contribution in [-0.4, -0.2) is 60.6 Å². The number of ether oxygens (including phenoxy) is 1. The van der Waals surface area contributed by atoms with E-state index in [0.29, 0.717) is 40.1 Å². The number of aromatic nitrogens is 3. The van der Waals surface area contributed by atoms with Gasteiger partial charge in [0.15, 0.2) is 5.15 Å². The molecule has 0 aliphatic heterocycles. The first-order valence-electron chi connectivity index (χ1n) is 13.4. The van der Waals surface area contributed by atoms with Crippen LogP contribution >= 0.6 is 23.2 Å². The van der Waals surface area contributed by atoms with Gasteiger partial charge in [-0.1, -0.05) is 65.7 Å². The molecule has 0 fully saturated rings. The summed E-state index contributed by atoms with van der Waals surface area (Å²) in [4.78, 5) is 27.9. The first-order valence-corrected chi connectivity index (χ1v) is 15.8. The van der Waals surface area contributed by atoms with Crippen molar-refractivity contribution in [3.8, 4) is 11.1 Å². The highest BCUT2D eigenvalue weighted by Gasteiger charge is 2.19. The van der Waals surface area contributed by atoms with Crippen LogP contribution in [0.5, 0.6) is 0 Å². The fourth-order valence-electron chi connectivity index (χ4n) is 4.29. The summed E-state index contributed by atoms with van der Waals surface area (Å²) in [7, 11) is -0.0691. The molecular weight excluding hydrogens is 623 g/mol. The molecular formula is C31H28Cl2N6O4S. The fourth-order valence-corrected chi connectivity index (χ4v) is 5.95. The Balaban J connectivity index is 1.44. The Morgan fingerprint density at radius 1 is 0.909 bits per heavy atom. The molecule has 5 aromatic rings. The van der Waals surface area contributed by atoms with E-state index in [1.165, 1.54) is 6.33 Å². The molecule has 0 bridgehead atoms. The summed E-state index contributed by atoms with van der Waals surface area (Å²) in [6.45, 7) is 0.437. The van der Waals surface area contributed by atoms with Gasteiger partial charge in [0.05, 0.1) is 27.7 Å². The lowest BCUT2D eigenvalue weighted by atomic mass is 10.0. The fraction of sp³-hybridized carbons (Fsp3) is 0.161. The molecule has 0 saturated carbocycles. The van der Waals surface area contributed by atoms with Gasteiger partial charge < -0.3 is 15.0 Å². The maximum Gasteiger partial charge on any atom is 0.342 e. The van der Waals surface area contributed by atoms with Gasteiger partial charge in [0, 0.05) is 23.7 Å².